The molecule has 1 unspecified atom stereocenters. The van der Waals surface area contributed by atoms with Gasteiger partial charge in [-0.25, -0.2) is 9.59 Å². The van der Waals surface area contributed by atoms with Crippen molar-refractivity contribution in [2.45, 2.75) is 24.6 Å². The molecule has 10 heteroatoms. The Morgan fingerprint density at radius 2 is 1.73 bits per heavy atom. The van der Waals surface area contributed by atoms with Crippen molar-refractivity contribution >= 4 is 41.4 Å². The van der Waals surface area contributed by atoms with Crippen LogP contribution in [0.5, 0.6) is 0 Å². The second-order valence-corrected chi connectivity index (χ2v) is 5.29. The molecule has 0 aromatic heterocycles. The van der Waals surface area contributed by atoms with Gasteiger partial charge in [0.15, 0.2) is 0 Å². The van der Waals surface area contributed by atoms with Crippen LogP contribution in [0, 0.1) is 0 Å². The van der Waals surface area contributed by atoms with E-state index in [1.807, 2.05) is 0 Å². The number of Topliss-reactive ketones (excluding diaryl/α,β-unsaturated/α-hetero) is 1. The molecule has 0 rings (SSSR count). The molecule has 0 aliphatic heterocycles. The van der Waals surface area contributed by atoms with Crippen molar-refractivity contribution in [2.24, 2.45) is 0 Å². The van der Waals surface area contributed by atoms with E-state index in [0.29, 0.717) is 0 Å². The van der Waals surface area contributed by atoms with Gasteiger partial charge in [0, 0.05) is 19.1 Å². The van der Waals surface area contributed by atoms with Gasteiger partial charge in [-0.3, -0.25) is 14.4 Å². The number of thioether (sulfide) groups is 1. The number of carbonyl (C=O) groups excluding carboxylic acids is 4. The minimum Gasteiger partial charge on any atom is -0.480 e. The fourth-order valence-electron chi connectivity index (χ4n) is 1.34. The molecular weight excluding hydrogens is 318 g/mol. The number of carbonyl (C=O) groups is 5. The van der Waals surface area contributed by atoms with E-state index in [4.69, 9.17) is 5.11 Å². The predicted octanol–water partition coefficient (Wildman–Crippen LogP) is -1.02. The van der Waals surface area contributed by atoms with Crippen molar-refractivity contribution in [2.75, 3.05) is 20.0 Å². The number of esters is 2. The number of amides is 1. The van der Waals surface area contributed by atoms with Gasteiger partial charge < -0.3 is 19.9 Å². The first-order chi connectivity index (χ1) is 10.2. The summed E-state index contributed by atoms with van der Waals surface area (Å²) >= 11 is 0.790. The van der Waals surface area contributed by atoms with Crippen LogP contribution in [0.4, 0.5) is 0 Å². The van der Waals surface area contributed by atoms with Crippen LogP contribution in [0.1, 0.15) is 13.3 Å². The van der Waals surface area contributed by atoms with Crippen LogP contribution in [0.25, 0.3) is 0 Å². The number of methoxy groups -OCH3 is 2. The standard InChI is InChI=1S/C12H17NO8S/c1-6(14)13-7(10(16)17)5-22-9(12(19)21-3)4-8(15)11(18)20-2/h7,9H,4-5H2,1-3H3,(H,13,14)(H,16,17)/t7-,9?/m0/s1. The van der Waals surface area contributed by atoms with Crippen molar-refractivity contribution in [3.05, 3.63) is 0 Å². The Balaban J connectivity index is 4.81. The lowest BCUT2D eigenvalue weighted by Crippen LogP contribution is -2.42. The highest BCUT2D eigenvalue weighted by atomic mass is 32.2. The highest BCUT2D eigenvalue weighted by Crippen LogP contribution is 2.18. The molecule has 0 fully saturated rings. The Labute approximate surface area is 130 Å². The van der Waals surface area contributed by atoms with E-state index >= 15 is 0 Å². The summed E-state index contributed by atoms with van der Waals surface area (Å²) in [5, 5.41) is 10.1. The number of hydrogen-bond donors (Lipinski definition) is 2. The molecule has 0 aromatic rings. The fourth-order valence-corrected chi connectivity index (χ4v) is 2.49. The Morgan fingerprint density at radius 1 is 1.14 bits per heavy atom. The van der Waals surface area contributed by atoms with Crippen LogP contribution in [0.3, 0.4) is 0 Å². The predicted molar refractivity (Wildman–Crippen MR) is 75.1 cm³/mol. The van der Waals surface area contributed by atoms with Gasteiger partial charge in [0.1, 0.15) is 11.3 Å². The molecule has 0 saturated carbocycles. The summed E-state index contributed by atoms with van der Waals surface area (Å²) in [6, 6.07) is -1.23. The molecule has 0 radical (unpaired) electrons. The normalized spacial score (nSPS) is 12.7. The van der Waals surface area contributed by atoms with Crippen molar-refractivity contribution in [1.29, 1.82) is 0 Å². The summed E-state index contributed by atoms with van der Waals surface area (Å²) in [6.07, 6.45) is -0.490. The molecule has 0 spiro atoms. The van der Waals surface area contributed by atoms with Crippen molar-refractivity contribution in [3.63, 3.8) is 0 Å². The molecule has 22 heavy (non-hydrogen) atoms. The largest absolute Gasteiger partial charge is 0.480 e. The highest BCUT2D eigenvalue weighted by molar-refractivity contribution is 8.00. The van der Waals surface area contributed by atoms with Gasteiger partial charge in [-0.15, -0.1) is 11.8 Å². The van der Waals surface area contributed by atoms with Gasteiger partial charge in [0.2, 0.25) is 11.7 Å². The summed E-state index contributed by atoms with van der Waals surface area (Å²) < 4.78 is 8.74. The van der Waals surface area contributed by atoms with Gasteiger partial charge in [0.05, 0.1) is 14.2 Å². The molecule has 9 nitrogen and oxygen atoms in total. The molecule has 0 aliphatic carbocycles. The number of hydrogen-bond acceptors (Lipinski definition) is 8. The van der Waals surface area contributed by atoms with Gasteiger partial charge in [-0.2, -0.15) is 0 Å². The number of nitrogens with one attached hydrogen (secondary N) is 1. The van der Waals surface area contributed by atoms with Crippen LogP contribution in [0.15, 0.2) is 0 Å². The lowest BCUT2D eigenvalue weighted by atomic mass is 10.2. The van der Waals surface area contributed by atoms with Crippen LogP contribution in [0.2, 0.25) is 0 Å². The number of rotatable bonds is 9. The smallest absolute Gasteiger partial charge is 0.374 e. The van der Waals surface area contributed by atoms with E-state index in [1.165, 1.54) is 0 Å². The minimum atomic E-state index is -1.29. The lowest BCUT2D eigenvalue weighted by Gasteiger charge is -2.17. The third-order valence-corrected chi connectivity index (χ3v) is 3.67. The minimum absolute atomic E-state index is 0.177. The molecule has 124 valence electrons. The van der Waals surface area contributed by atoms with Crippen molar-refractivity contribution < 1.29 is 38.6 Å². The first-order valence-electron chi connectivity index (χ1n) is 6.03. The summed E-state index contributed by atoms with van der Waals surface area (Å²) in [4.78, 5) is 56.0. The maximum atomic E-state index is 11.6. The summed E-state index contributed by atoms with van der Waals surface area (Å²) in [5.74, 6) is -4.83. The zero-order valence-corrected chi connectivity index (χ0v) is 13.1. The Hall–Kier alpha value is -2.10. The monoisotopic (exact) mass is 335 g/mol. The Kier molecular flexibility index (Phi) is 8.83. The van der Waals surface area contributed by atoms with Gasteiger partial charge in [-0.1, -0.05) is 0 Å². The van der Waals surface area contributed by atoms with Gasteiger partial charge >= 0.3 is 17.9 Å². The van der Waals surface area contributed by atoms with Gasteiger partial charge in [0.25, 0.3) is 0 Å². The van der Waals surface area contributed by atoms with Crippen molar-refractivity contribution in [3.8, 4) is 0 Å². The first-order valence-corrected chi connectivity index (χ1v) is 7.08. The quantitative estimate of drug-likeness (QED) is 0.401. The van der Waals surface area contributed by atoms with E-state index in [2.05, 4.69) is 14.8 Å². The van der Waals surface area contributed by atoms with E-state index in [1.54, 1.807) is 0 Å². The molecule has 2 N–H and O–H groups in total. The maximum Gasteiger partial charge on any atom is 0.374 e. The molecule has 0 bridgehead atoms. The topological polar surface area (TPSA) is 136 Å². The zero-order valence-electron chi connectivity index (χ0n) is 12.3. The lowest BCUT2D eigenvalue weighted by molar-refractivity contribution is -0.152. The summed E-state index contributed by atoms with van der Waals surface area (Å²) in [7, 11) is 2.12. The van der Waals surface area contributed by atoms with E-state index in [9.17, 15) is 24.0 Å². The Bertz CT molecular complexity index is 464. The summed E-state index contributed by atoms with van der Waals surface area (Å²) in [6.45, 7) is 1.15. The maximum absolute atomic E-state index is 11.6. The first kappa shape index (κ1) is 19.9. The van der Waals surface area contributed by atoms with Crippen LogP contribution >= 0.6 is 11.8 Å². The summed E-state index contributed by atoms with van der Waals surface area (Å²) in [5.41, 5.74) is 0. The van der Waals surface area contributed by atoms with E-state index in [0.717, 1.165) is 32.9 Å². The molecule has 0 aromatic carbocycles. The third kappa shape index (κ3) is 7.07. The zero-order chi connectivity index (χ0) is 17.3. The molecular formula is C12H17NO8S. The second-order valence-electron chi connectivity index (χ2n) is 4.06. The van der Waals surface area contributed by atoms with E-state index < -0.39 is 47.3 Å². The SMILES string of the molecule is COC(=O)C(=O)CC(SC[C@H](NC(C)=O)C(=O)O)C(=O)OC. The Morgan fingerprint density at radius 3 is 2.14 bits per heavy atom. The number of ketones is 1. The highest BCUT2D eigenvalue weighted by Gasteiger charge is 2.29. The third-order valence-electron chi connectivity index (χ3n) is 2.39. The van der Waals surface area contributed by atoms with Crippen molar-refractivity contribution in [1.82, 2.24) is 5.32 Å². The number of ether oxygens (including phenoxy) is 2. The second kappa shape index (κ2) is 9.77. The molecule has 0 saturated heterocycles. The average molecular weight is 335 g/mol. The fraction of sp³-hybridized carbons (Fsp3) is 0.583. The average Bonchev–Trinajstić information content (AvgIpc) is 2.47. The number of aliphatic carboxylic acids is 1. The van der Waals surface area contributed by atoms with Crippen LogP contribution in [-0.2, 0) is 33.4 Å². The molecule has 1 amide bonds. The molecule has 0 aliphatic rings. The number of carboxylic acids is 1. The van der Waals surface area contributed by atoms with Crippen LogP contribution < -0.4 is 5.32 Å². The molecule has 0 heterocycles. The molecule has 2 atom stereocenters. The van der Waals surface area contributed by atoms with Crippen LogP contribution in [-0.4, -0.2) is 66.0 Å². The van der Waals surface area contributed by atoms with Gasteiger partial charge in [-0.05, 0) is 0 Å². The number of carboxylic acid groups (broad SMARTS) is 1. The van der Waals surface area contributed by atoms with E-state index in [-0.39, 0.29) is 5.75 Å².